The minimum absolute atomic E-state index is 1.03. The molecule has 1 heteroatoms. The van der Waals surface area contributed by atoms with Gasteiger partial charge in [0.25, 0.3) is 0 Å². The molecule has 0 bridgehead atoms. The van der Waals surface area contributed by atoms with Gasteiger partial charge in [-0.25, -0.2) is 0 Å². The van der Waals surface area contributed by atoms with Gasteiger partial charge in [-0.2, -0.15) is 0 Å². The van der Waals surface area contributed by atoms with Gasteiger partial charge in [0.05, 0.1) is 0 Å². The first-order valence-electron chi connectivity index (χ1n) is 27.6. The van der Waals surface area contributed by atoms with Gasteiger partial charge in [-0.15, -0.1) is 0 Å². The van der Waals surface area contributed by atoms with Crippen LogP contribution in [0.1, 0.15) is 326 Å². The van der Waals surface area contributed by atoms with Crippen LogP contribution in [0.25, 0.3) is 0 Å². The number of hydrogen-bond acceptors (Lipinski definition) is 1. The normalized spacial score (nSPS) is 11.6. The van der Waals surface area contributed by atoms with Crippen LogP contribution in [-0.4, -0.2) is 4.98 Å². The van der Waals surface area contributed by atoms with Crippen LogP contribution < -0.4 is 0 Å². The molecule has 1 rings (SSSR count). The van der Waals surface area contributed by atoms with Gasteiger partial charge in [-0.1, -0.05) is 297 Å². The van der Waals surface area contributed by atoms with Crippen LogP contribution in [0.4, 0.5) is 0 Å². The minimum atomic E-state index is 1.03. The molecule has 1 radical (unpaired) electrons. The Morgan fingerprint density at radius 3 is 0.690 bits per heavy atom. The summed E-state index contributed by atoms with van der Waals surface area (Å²) in [4.78, 5) is 5.17. The number of aromatic nitrogens is 1. The van der Waals surface area contributed by atoms with Crippen LogP contribution in [0.3, 0.4) is 0 Å². The number of unbranched alkanes of at least 4 members (excludes halogenated alkanes) is 43. The Labute approximate surface area is 368 Å². The highest BCUT2D eigenvalue weighted by molar-refractivity contribution is 5.22. The van der Waals surface area contributed by atoms with Gasteiger partial charge in [0.15, 0.2) is 0 Å². The van der Waals surface area contributed by atoms with Crippen molar-refractivity contribution in [2.45, 2.75) is 328 Å². The highest BCUT2D eigenvalue weighted by Crippen LogP contribution is 2.19. The zero-order chi connectivity index (χ0) is 41.5. The Bertz CT molecular complexity index is 838. The third-order valence-electron chi connectivity index (χ3n) is 13.3. The van der Waals surface area contributed by atoms with Crippen molar-refractivity contribution in [1.82, 2.24) is 4.98 Å². The molecule has 0 aliphatic carbocycles. The topological polar surface area (TPSA) is 12.9 Å². The van der Waals surface area contributed by atoms with Crippen LogP contribution in [0.5, 0.6) is 0 Å². The van der Waals surface area contributed by atoms with Crippen molar-refractivity contribution in [3.8, 4) is 0 Å². The van der Waals surface area contributed by atoms with Gasteiger partial charge < -0.3 is 0 Å². The number of hydrogen-bond donors (Lipinski definition) is 0. The molecule has 0 unspecified atom stereocenters. The summed E-state index contributed by atoms with van der Waals surface area (Å²) in [6.07, 6.45) is 69.5. The third kappa shape index (κ3) is 40.6. The predicted octanol–water partition coefficient (Wildman–Crippen LogP) is 20.5. The Morgan fingerprint density at radius 1 is 0.276 bits per heavy atom. The Hall–Kier alpha value is -0.850. The lowest BCUT2D eigenvalue weighted by Gasteiger charge is -2.10. The summed E-state index contributed by atoms with van der Waals surface area (Å²) in [5, 5.41) is 0. The SMILES string of the molecule is [CH2]CCCc1cc(CCCCCCCCCCCCCCCCCCCCCCCC)nc(CCCCCCCCCCCCCCCCCCCCCCCC)c1. The van der Waals surface area contributed by atoms with E-state index in [2.05, 4.69) is 32.9 Å². The van der Waals surface area contributed by atoms with Crippen molar-refractivity contribution in [2.75, 3.05) is 0 Å². The lowest BCUT2D eigenvalue weighted by atomic mass is 10.0. The molecule has 0 aliphatic heterocycles. The second kappa shape index (κ2) is 47.2. The van der Waals surface area contributed by atoms with Crippen LogP contribution in [-0.2, 0) is 19.3 Å². The number of pyridine rings is 1. The molecule has 0 aromatic carbocycles. The molecule has 0 amide bonds. The van der Waals surface area contributed by atoms with E-state index in [1.54, 1.807) is 0 Å². The van der Waals surface area contributed by atoms with Gasteiger partial charge in [0.2, 0.25) is 0 Å². The van der Waals surface area contributed by atoms with Crippen LogP contribution in [0.15, 0.2) is 12.1 Å². The lowest BCUT2D eigenvalue weighted by Crippen LogP contribution is -2.00. The first-order valence-corrected chi connectivity index (χ1v) is 27.6. The molecule has 0 atom stereocenters. The summed E-state index contributed by atoms with van der Waals surface area (Å²) in [6, 6.07) is 4.85. The van der Waals surface area contributed by atoms with E-state index in [1.165, 1.54) is 325 Å². The van der Waals surface area contributed by atoms with Gasteiger partial charge in [-0.3, -0.25) is 4.98 Å². The summed E-state index contributed by atoms with van der Waals surface area (Å²) >= 11 is 0. The quantitative estimate of drug-likeness (QED) is 0.0598. The van der Waals surface area contributed by atoms with E-state index in [-0.39, 0.29) is 0 Å². The van der Waals surface area contributed by atoms with Crippen molar-refractivity contribution in [1.29, 1.82) is 0 Å². The van der Waals surface area contributed by atoms with Crippen molar-refractivity contribution >= 4 is 0 Å². The molecule has 1 nitrogen and oxygen atoms in total. The standard InChI is InChI=1S/C57H108N/c1-4-7-10-12-14-16-18-20-22-24-26-28-30-32-34-36-38-40-42-44-46-48-51-56-53-55(50-9-6-3)54-57(58-56)52-49-47-45-43-41-39-37-35-33-31-29-27-25-23-21-19-17-15-13-11-8-5-2/h53-54H,3-52H2,1-2H3. The van der Waals surface area contributed by atoms with Crippen LogP contribution in [0.2, 0.25) is 0 Å². The summed E-state index contributed by atoms with van der Waals surface area (Å²) in [6.45, 7) is 8.72. The molecule has 1 aromatic rings. The molecule has 0 spiro atoms. The Kier molecular flexibility index (Phi) is 44.9. The average Bonchev–Trinajstić information content (AvgIpc) is 3.23. The highest BCUT2D eigenvalue weighted by atomic mass is 14.7. The smallest absolute Gasteiger partial charge is 0.0409 e. The molecular formula is C57H108N. The van der Waals surface area contributed by atoms with E-state index >= 15 is 0 Å². The number of aryl methyl sites for hydroxylation is 3. The molecule has 58 heavy (non-hydrogen) atoms. The molecule has 0 saturated heterocycles. The zero-order valence-electron chi connectivity index (χ0n) is 40.5. The minimum Gasteiger partial charge on any atom is -0.258 e. The van der Waals surface area contributed by atoms with Crippen molar-refractivity contribution < 1.29 is 0 Å². The second-order valence-electron chi connectivity index (χ2n) is 19.3. The predicted molar refractivity (Wildman–Crippen MR) is 264 cm³/mol. The van der Waals surface area contributed by atoms with Crippen molar-refractivity contribution in [3.05, 3.63) is 36.0 Å². The first-order chi connectivity index (χ1) is 28.8. The maximum atomic E-state index is 5.17. The first kappa shape index (κ1) is 55.2. The van der Waals surface area contributed by atoms with E-state index in [0.717, 1.165) is 6.42 Å². The van der Waals surface area contributed by atoms with E-state index in [4.69, 9.17) is 4.98 Å². The average molecular weight is 807 g/mol. The van der Waals surface area contributed by atoms with E-state index in [1.807, 2.05) is 0 Å². The maximum absolute atomic E-state index is 5.17. The van der Waals surface area contributed by atoms with Crippen LogP contribution >= 0.6 is 0 Å². The molecule has 1 aromatic heterocycles. The molecule has 1 heterocycles. The summed E-state index contributed by atoms with van der Waals surface area (Å²) in [7, 11) is 0. The molecule has 0 aliphatic rings. The molecule has 0 fully saturated rings. The Balaban J connectivity index is 1.96. The Morgan fingerprint density at radius 2 is 0.483 bits per heavy atom. The largest absolute Gasteiger partial charge is 0.258 e. The zero-order valence-corrected chi connectivity index (χ0v) is 40.5. The monoisotopic (exact) mass is 807 g/mol. The van der Waals surface area contributed by atoms with Gasteiger partial charge in [0.1, 0.15) is 0 Å². The second-order valence-corrected chi connectivity index (χ2v) is 19.3. The molecule has 0 N–H and O–H groups in total. The third-order valence-corrected chi connectivity index (χ3v) is 13.3. The summed E-state index contributed by atoms with van der Waals surface area (Å²) in [5.74, 6) is 0. The molecular weight excluding hydrogens is 699 g/mol. The van der Waals surface area contributed by atoms with Gasteiger partial charge >= 0.3 is 0 Å². The highest BCUT2D eigenvalue weighted by Gasteiger charge is 2.05. The fraction of sp³-hybridized carbons (Fsp3) is 0.895. The van der Waals surface area contributed by atoms with Gasteiger partial charge in [0, 0.05) is 11.4 Å². The van der Waals surface area contributed by atoms with Crippen molar-refractivity contribution in [3.63, 3.8) is 0 Å². The van der Waals surface area contributed by atoms with E-state index < -0.39 is 0 Å². The van der Waals surface area contributed by atoms with E-state index in [0.29, 0.717) is 0 Å². The van der Waals surface area contributed by atoms with Crippen LogP contribution in [0, 0.1) is 6.92 Å². The number of nitrogens with zero attached hydrogens (tertiary/aromatic N) is 1. The fourth-order valence-electron chi connectivity index (χ4n) is 9.28. The lowest BCUT2D eigenvalue weighted by molar-refractivity contribution is 0.518. The van der Waals surface area contributed by atoms with Gasteiger partial charge in [-0.05, 0) is 56.2 Å². The van der Waals surface area contributed by atoms with E-state index in [9.17, 15) is 0 Å². The fourth-order valence-corrected chi connectivity index (χ4v) is 9.28. The molecule has 0 saturated carbocycles. The molecule has 341 valence electrons. The maximum Gasteiger partial charge on any atom is 0.0409 e. The summed E-state index contributed by atoms with van der Waals surface area (Å²) < 4.78 is 0. The number of rotatable bonds is 49. The van der Waals surface area contributed by atoms with Crippen molar-refractivity contribution in [2.24, 2.45) is 0 Å². The summed E-state index contributed by atoms with van der Waals surface area (Å²) in [5.41, 5.74) is 4.24.